The van der Waals surface area contributed by atoms with Crippen molar-refractivity contribution in [3.63, 3.8) is 0 Å². The topological polar surface area (TPSA) is 42.4 Å². The number of aromatic nitrogens is 1. The van der Waals surface area contributed by atoms with E-state index < -0.39 is 5.82 Å². The summed E-state index contributed by atoms with van der Waals surface area (Å²) in [5.74, 6) is -1.03. The smallest absolute Gasteiger partial charge is 0.257 e. The molecule has 1 aliphatic rings. The zero-order chi connectivity index (χ0) is 12.4. The fourth-order valence-corrected chi connectivity index (χ4v) is 1.91. The van der Waals surface area contributed by atoms with E-state index >= 15 is 0 Å². The van der Waals surface area contributed by atoms with Gasteiger partial charge in [0.25, 0.3) is 5.91 Å². The van der Waals surface area contributed by atoms with E-state index in [9.17, 15) is 9.18 Å². The summed E-state index contributed by atoms with van der Waals surface area (Å²) < 4.78 is 18.8. The Labute approximate surface area is 103 Å². The summed E-state index contributed by atoms with van der Waals surface area (Å²) in [5, 5.41) is 0.107. The lowest BCUT2D eigenvalue weighted by molar-refractivity contribution is -0.0125. The molecule has 0 radical (unpaired) electrons. The molecule has 1 aromatic rings. The van der Waals surface area contributed by atoms with E-state index in [0.29, 0.717) is 19.7 Å². The van der Waals surface area contributed by atoms with Gasteiger partial charge in [-0.1, -0.05) is 11.6 Å². The average molecular weight is 259 g/mol. The Kier molecular flexibility index (Phi) is 3.59. The fourth-order valence-electron chi connectivity index (χ4n) is 1.75. The third kappa shape index (κ3) is 2.73. The van der Waals surface area contributed by atoms with Crippen LogP contribution < -0.4 is 0 Å². The highest BCUT2D eigenvalue weighted by Crippen LogP contribution is 2.16. The van der Waals surface area contributed by atoms with Gasteiger partial charge >= 0.3 is 0 Å². The summed E-state index contributed by atoms with van der Waals surface area (Å²) in [5.41, 5.74) is -0.0425. The molecule has 1 aromatic heterocycles. The molecule has 0 N–H and O–H groups in total. The van der Waals surface area contributed by atoms with Gasteiger partial charge in [-0.2, -0.15) is 0 Å². The summed E-state index contributed by atoms with van der Waals surface area (Å²) >= 11 is 5.66. The molecular formula is C11H12ClFN2O2. The Balaban J connectivity index is 2.21. The first-order chi connectivity index (χ1) is 8.08. The standard InChI is InChI=1S/C11H12ClFN2O2/c1-7-6-15(2-3-17-7)11(16)8-4-10(12)14-5-9(8)13/h4-5,7H,2-3,6H2,1H3/t7-/m0/s1. The van der Waals surface area contributed by atoms with E-state index in [2.05, 4.69) is 4.98 Å². The van der Waals surface area contributed by atoms with E-state index in [1.165, 1.54) is 6.07 Å². The molecule has 1 aliphatic heterocycles. The lowest BCUT2D eigenvalue weighted by atomic mass is 10.2. The van der Waals surface area contributed by atoms with Gasteiger partial charge in [0, 0.05) is 13.1 Å². The molecule has 6 heteroatoms. The van der Waals surface area contributed by atoms with Crippen molar-refractivity contribution in [2.45, 2.75) is 13.0 Å². The quantitative estimate of drug-likeness (QED) is 0.721. The molecule has 1 amide bonds. The third-order valence-corrected chi connectivity index (χ3v) is 2.79. The molecule has 0 saturated carbocycles. The first-order valence-corrected chi connectivity index (χ1v) is 5.67. The Morgan fingerprint density at radius 3 is 3.18 bits per heavy atom. The summed E-state index contributed by atoms with van der Waals surface area (Å²) in [6.45, 7) is 3.25. The van der Waals surface area contributed by atoms with Gasteiger partial charge < -0.3 is 9.64 Å². The number of ether oxygens (including phenoxy) is 1. The zero-order valence-electron chi connectivity index (χ0n) is 9.32. The molecule has 0 bridgehead atoms. The van der Waals surface area contributed by atoms with Gasteiger partial charge in [-0.25, -0.2) is 9.37 Å². The molecule has 4 nitrogen and oxygen atoms in total. The number of hydrogen-bond donors (Lipinski definition) is 0. The number of carbonyl (C=O) groups excluding carboxylic acids is 1. The second-order valence-corrected chi connectivity index (χ2v) is 4.31. The molecule has 0 aliphatic carbocycles. The third-order valence-electron chi connectivity index (χ3n) is 2.58. The van der Waals surface area contributed by atoms with Crippen molar-refractivity contribution in [3.05, 3.63) is 28.8 Å². The number of amides is 1. The van der Waals surface area contributed by atoms with Crippen LogP contribution >= 0.6 is 11.6 Å². The van der Waals surface area contributed by atoms with Crippen LogP contribution in [0.3, 0.4) is 0 Å². The van der Waals surface area contributed by atoms with Gasteiger partial charge in [0.1, 0.15) is 5.15 Å². The Morgan fingerprint density at radius 1 is 1.71 bits per heavy atom. The molecule has 0 unspecified atom stereocenters. The number of nitrogens with zero attached hydrogens (tertiary/aromatic N) is 2. The lowest BCUT2D eigenvalue weighted by Gasteiger charge is -2.31. The molecule has 0 spiro atoms. The van der Waals surface area contributed by atoms with Gasteiger partial charge in [-0.15, -0.1) is 0 Å². The molecule has 92 valence electrons. The number of carbonyl (C=O) groups is 1. The van der Waals surface area contributed by atoms with Gasteiger partial charge in [0.05, 0.1) is 24.5 Å². The monoisotopic (exact) mass is 258 g/mol. The molecule has 0 aromatic carbocycles. The van der Waals surface area contributed by atoms with Crippen molar-refractivity contribution in [2.75, 3.05) is 19.7 Å². The van der Waals surface area contributed by atoms with Crippen LogP contribution in [-0.2, 0) is 4.74 Å². The van der Waals surface area contributed by atoms with Gasteiger partial charge in [-0.05, 0) is 13.0 Å². The molecule has 1 saturated heterocycles. The van der Waals surface area contributed by atoms with E-state index in [4.69, 9.17) is 16.3 Å². The Bertz CT molecular complexity index is 441. The van der Waals surface area contributed by atoms with E-state index in [0.717, 1.165) is 6.20 Å². The van der Waals surface area contributed by atoms with E-state index in [1.807, 2.05) is 6.92 Å². The maximum Gasteiger partial charge on any atom is 0.257 e. The highest BCUT2D eigenvalue weighted by molar-refractivity contribution is 6.29. The minimum Gasteiger partial charge on any atom is -0.375 e. The molecular weight excluding hydrogens is 247 g/mol. The van der Waals surface area contributed by atoms with Crippen LogP contribution in [0.2, 0.25) is 5.15 Å². The summed E-state index contributed by atoms with van der Waals surface area (Å²) in [6, 6.07) is 1.25. The van der Waals surface area contributed by atoms with Crippen LogP contribution in [0.15, 0.2) is 12.3 Å². The second-order valence-electron chi connectivity index (χ2n) is 3.92. The summed E-state index contributed by atoms with van der Waals surface area (Å²) in [6.07, 6.45) is 0.924. The van der Waals surface area contributed by atoms with Crippen LogP contribution in [0, 0.1) is 5.82 Å². The van der Waals surface area contributed by atoms with Gasteiger partial charge in [0.15, 0.2) is 5.82 Å². The van der Waals surface area contributed by atoms with Crippen LogP contribution in [-0.4, -0.2) is 41.6 Å². The number of halogens is 2. The molecule has 1 atom stereocenters. The fraction of sp³-hybridized carbons (Fsp3) is 0.455. The largest absolute Gasteiger partial charge is 0.375 e. The maximum atomic E-state index is 13.5. The van der Waals surface area contributed by atoms with E-state index in [1.54, 1.807) is 4.90 Å². The second kappa shape index (κ2) is 4.98. The predicted octanol–water partition coefficient (Wildman–Crippen LogP) is 1.74. The van der Waals surface area contributed by atoms with Crippen LogP contribution in [0.5, 0.6) is 0 Å². The predicted molar refractivity (Wildman–Crippen MR) is 60.5 cm³/mol. The number of pyridine rings is 1. The normalized spacial score (nSPS) is 20.4. The van der Waals surface area contributed by atoms with Crippen molar-refractivity contribution in [2.24, 2.45) is 0 Å². The number of rotatable bonds is 1. The zero-order valence-corrected chi connectivity index (χ0v) is 10.1. The van der Waals surface area contributed by atoms with Crippen molar-refractivity contribution in [3.8, 4) is 0 Å². The van der Waals surface area contributed by atoms with Crippen LogP contribution in [0.1, 0.15) is 17.3 Å². The maximum absolute atomic E-state index is 13.5. The molecule has 1 fully saturated rings. The highest BCUT2D eigenvalue weighted by atomic mass is 35.5. The summed E-state index contributed by atoms with van der Waals surface area (Å²) in [4.78, 5) is 17.2. The van der Waals surface area contributed by atoms with E-state index in [-0.39, 0.29) is 22.7 Å². The van der Waals surface area contributed by atoms with Gasteiger partial charge in [0.2, 0.25) is 0 Å². The minimum absolute atomic E-state index is 0.0342. The van der Waals surface area contributed by atoms with Crippen LogP contribution in [0.4, 0.5) is 4.39 Å². The number of hydrogen-bond acceptors (Lipinski definition) is 3. The first-order valence-electron chi connectivity index (χ1n) is 5.30. The Hall–Kier alpha value is -1.20. The van der Waals surface area contributed by atoms with Gasteiger partial charge in [-0.3, -0.25) is 4.79 Å². The Morgan fingerprint density at radius 2 is 2.47 bits per heavy atom. The minimum atomic E-state index is -0.654. The van der Waals surface area contributed by atoms with Crippen molar-refractivity contribution < 1.29 is 13.9 Å². The average Bonchev–Trinajstić information content (AvgIpc) is 2.31. The summed E-state index contributed by atoms with van der Waals surface area (Å²) in [7, 11) is 0. The SMILES string of the molecule is C[C@H]1CN(C(=O)c2cc(Cl)ncc2F)CCO1. The van der Waals surface area contributed by atoms with Crippen LogP contribution in [0.25, 0.3) is 0 Å². The van der Waals surface area contributed by atoms with Crippen molar-refractivity contribution in [1.82, 2.24) is 9.88 Å². The first kappa shape index (κ1) is 12.3. The molecule has 17 heavy (non-hydrogen) atoms. The molecule has 2 rings (SSSR count). The van der Waals surface area contributed by atoms with Crippen molar-refractivity contribution >= 4 is 17.5 Å². The highest BCUT2D eigenvalue weighted by Gasteiger charge is 2.24. The molecule has 2 heterocycles. The number of morpholine rings is 1. The van der Waals surface area contributed by atoms with Crippen molar-refractivity contribution in [1.29, 1.82) is 0 Å². The lowest BCUT2D eigenvalue weighted by Crippen LogP contribution is -2.44.